The van der Waals surface area contributed by atoms with Crippen molar-refractivity contribution in [3.05, 3.63) is 34.9 Å². The van der Waals surface area contributed by atoms with Gasteiger partial charge in [0.05, 0.1) is 0 Å². The highest BCUT2D eigenvalue weighted by Crippen LogP contribution is 2.11. The Kier molecular flexibility index (Phi) is 3.03. The second-order valence-electron chi connectivity index (χ2n) is 3.07. The first-order valence-corrected chi connectivity index (χ1v) is 4.15. The van der Waals surface area contributed by atoms with Crippen LogP contribution in [0.2, 0.25) is 0 Å². The van der Waals surface area contributed by atoms with Crippen LogP contribution >= 0.6 is 0 Å². The molecule has 63 valence electrons. The minimum Gasteiger partial charge on any atom is -0.291 e. The maximum atomic E-state index is 10.0. The van der Waals surface area contributed by atoms with Crippen LogP contribution in [0.15, 0.2) is 18.2 Å². The standard InChI is InChI=1S/C11H13O/c1-9-5-6-11(4-3-7-12)10(2)8-9/h5-6,8H,3-4H2,1-2H3. The van der Waals surface area contributed by atoms with Gasteiger partial charge in [0.2, 0.25) is 0 Å². The summed E-state index contributed by atoms with van der Waals surface area (Å²) in [6, 6.07) is 6.30. The van der Waals surface area contributed by atoms with Crippen LogP contribution in [0.25, 0.3) is 0 Å². The molecule has 0 aromatic heterocycles. The van der Waals surface area contributed by atoms with E-state index in [1.165, 1.54) is 16.7 Å². The maximum Gasteiger partial charge on any atom is 0.198 e. The first-order valence-electron chi connectivity index (χ1n) is 4.15. The summed E-state index contributed by atoms with van der Waals surface area (Å²) in [5.74, 6) is 0. The van der Waals surface area contributed by atoms with Gasteiger partial charge in [0.25, 0.3) is 0 Å². The fourth-order valence-electron chi connectivity index (χ4n) is 1.31. The van der Waals surface area contributed by atoms with Gasteiger partial charge in [-0.1, -0.05) is 23.8 Å². The lowest BCUT2D eigenvalue weighted by Crippen LogP contribution is -1.90. The van der Waals surface area contributed by atoms with E-state index in [0.717, 1.165) is 6.42 Å². The molecule has 0 saturated carbocycles. The quantitative estimate of drug-likeness (QED) is 0.665. The van der Waals surface area contributed by atoms with Crippen molar-refractivity contribution < 1.29 is 4.79 Å². The normalized spacial score (nSPS) is 9.83. The van der Waals surface area contributed by atoms with Crippen molar-refractivity contribution in [1.29, 1.82) is 0 Å². The topological polar surface area (TPSA) is 17.1 Å². The lowest BCUT2D eigenvalue weighted by atomic mass is 10.0. The largest absolute Gasteiger partial charge is 0.291 e. The van der Waals surface area contributed by atoms with Gasteiger partial charge in [0.15, 0.2) is 6.29 Å². The summed E-state index contributed by atoms with van der Waals surface area (Å²) in [6.07, 6.45) is 3.23. The molecule has 0 saturated heterocycles. The van der Waals surface area contributed by atoms with Crippen molar-refractivity contribution in [3.8, 4) is 0 Å². The number of hydrogen-bond acceptors (Lipinski definition) is 1. The zero-order valence-electron chi connectivity index (χ0n) is 7.55. The van der Waals surface area contributed by atoms with Crippen LogP contribution in [-0.4, -0.2) is 6.29 Å². The van der Waals surface area contributed by atoms with Gasteiger partial charge in [-0.25, -0.2) is 0 Å². The highest BCUT2D eigenvalue weighted by Gasteiger charge is 1.97. The molecule has 0 unspecified atom stereocenters. The number of hydrogen-bond donors (Lipinski definition) is 0. The van der Waals surface area contributed by atoms with Crippen molar-refractivity contribution in [1.82, 2.24) is 0 Å². The number of benzene rings is 1. The molecule has 0 fully saturated rings. The van der Waals surface area contributed by atoms with E-state index < -0.39 is 0 Å². The molecule has 0 spiro atoms. The highest BCUT2D eigenvalue weighted by atomic mass is 16.1. The molecule has 1 nitrogen and oxygen atoms in total. The summed E-state index contributed by atoms with van der Waals surface area (Å²) in [5, 5.41) is 0. The van der Waals surface area contributed by atoms with E-state index in [0.29, 0.717) is 6.42 Å². The van der Waals surface area contributed by atoms with Crippen LogP contribution in [0.1, 0.15) is 23.1 Å². The summed E-state index contributed by atoms with van der Waals surface area (Å²) in [5.41, 5.74) is 3.79. The van der Waals surface area contributed by atoms with E-state index in [4.69, 9.17) is 0 Å². The summed E-state index contributed by atoms with van der Waals surface area (Å²) in [6.45, 7) is 4.15. The lowest BCUT2D eigenvalue weighted by Gasteiger charge is -2.03. The Morgan fingerprint density at radius 1 is 1.33 bits per heavy atom. The average molecular weight is 161 g/mol. The van der Waals surface area contributed by atoms with Crippen molar-refractivity contribution in [2.24, 2.45) is 0 Å². The first-order chi connectivity index (χ1) is 5.74. The molecule has 1 rings (SSSR count). The Labute approximate surface area is 73.4 Å². The van der Waals surface area contributed by atoms with Gasteiger partial charge in [-0.15, -0.1) is 0 Å². The smallest absolute Gasteiger partial charge is 0.198 e. The molecule has 1 heteroatoms. The van der Waals surface area contributed by atoms with Gasteiger partial charge in [-0.05, 0) is 31.4 Å². The van der Waals surface area contributed by atoms with Crippen LogP contribution < -0.4 is 0 Å². The van der Waals surface area contributed by atoms with E-state index in [1.807, 2.05) is 6.29 Å². The van der Waals surface area contributed by atoms with Crippen molar-refractivity contribution in [2.75, 3.05) is 0 Å². The zero-order chi connectivity index (χ0) is 8.97. The van der Waals surface area contributed by atoms with E-state index in [1.54, 1.807) is 0 Å². The van der Waals surface area contributed by atoms with Gasteiger partial charge in [0.1, 0.15) is 0 Å². The number of aryl methyl sites for hydroxylation is 3. The number of carbonyl (C=O) groups excluding carboxylic acids is 1. The van der Waals surface area contributed by atoms with Gasteiger partial charge >= 0.3 is 0 Å². The van der Waals surface area contributed by atoms with E-state index in [-0.39, 0.29) is 0 Å². The summed E-state index contributed by atoms with van der Waals surface area (Å²) in [4.78, 5) is 10.0. The first kappa shape index (κ1) is 8.98. The summed E-state index contributed by atoms with van der Waals surface area (Å²) in [7, 11) is 0. The predicted molar refractivity (Wildman–Crippen MR) is 49.9 cm³/mol. The van der Waals surface area contributed by atoms with Gasteiger partial charge < -0.3 is 0 Å². The molecule has 12 heavy (non-hydrogen) atoms. The monoisotopic (exact) mass is 161 g/mol. The molecule has 0 heterocycles. The van der Waals surface area contributed by atoms with Crippen LogP contribution in [0.5, 0.6) is 0 Å². The molecule has 0 N–H and O–H groups in total. The molecule has 1 aromatic carbocycles. The third kappa shape index (κ3) is 2.19. The van der Waals surface area contributed by atoms with Gasteiger partial charge in [-0.2, -0.15) is 0 Å². The molecule has 0 amide bonds. The molecule has 1 aromatic rings. The Bertz CT molecular complexity index is 276. The second kappa shape index (κ2) is 4.05. The fraction of sp³-hybridized carbons (Fsp3) is 0.364. The molecule has 0 aliphatic carbocycles. The molecule has 0 atom stereocenters. The van der Waals surface area contributed by atoms with Crippen LogP contribution in [-0.2, 0) is 11.2 Å². The molecular weight excluding hydrogens is 148 g/mol. The van der Waals surface area contributed by atoms with Crippen LogP contribution in [0.4, 0.5) is 0 Å². The molecule has 0 aliphatic rings. The van der Waals surface area contributed by atoms with E-state index >= 15 is 0 Å². The Balaban J connectivity index is 2.78. The van der Waals surface area contributed by atoms with Crippen molar-refractivity contribution in [3.63, 3.8) is 0 Å². The minimum atomic E-state index is 0.504. The van der Waals surface area contributed by atoms with Crippen molar-refractivity contribution >= 4 is 6.29 Å². The Morgan fingerprint density at radius 3 is 2.67 bits per heavy atom. The molecular formula is C11H13O. The van der Waals surface area contributed by atoms with Gasteiger partial charge in [-0.3, -0.25) is 4.79 Å². The average Bonchev–Trinajstić information content (AvgIpc) is 2.03. The third-order valence-corrected chi connectivity index (χ3v) is 1.99. The van der Waals surface area contributed by atoms with Crippen molar-refractivity contribution in [2.45, 2.75) is 26.7 Å². The Morgan fingerprint density at radius 2 is 2.08 bits per heavy atom. The lowest BCUT2D eigenvalue weighted by molar-refractivity contribution is 0.551. The molecule has 0 bridgehead atoms. The van der Waals surface area contributed by atoms with Crippen LogP contribution in [0.3, 0.4) is 0 Å². The molecule has 1 radical (unpaired) electrons. The van der Waals surface area contributed by atoms with Crippen LogP contribution in [0, 0.1) is 13.8 Å². The number of rotatable bonds is 3. The second-order valence-corrected chi connectivity index (χ2v) is 3.07. The maximum absolute atomic E-state index is 10.0. The van der Waals surface area contributed by atoms with Gasteiger partial charge in [0, 0.05) is 6.42 Å². The zero-order valence-corrected chi connectivity index (χ0v) is 7.55. The van der Waals surface area contributed by atoms with E-state index in [9.17, 15) is 4.79 Å². The Hall–Kier alpha value is -1.11. The highest BCUT2D eigenvalue weighted by molar-refractivity contribution is 5.51. The summed E-state index contributed by atoms with van der Waals surface area (Å²) >= 11 is 0. The minimum absolute atomic E-state index is 0.504. The summed E-state index contributed by atoms with van der Waals surface area (Å²) < 4.78 is 0. The van der Waals surface area contributed by atoms with E-state index in [2.05, 4.69) is 32.0 Å². The SMILES string of the molecule is Cc1ccc(CC[C]=O)c(C)c1. The fourth-order valence-corrected chi connectivity index (χ4v) is 1.31. The molecule has 0 aliphatic heterocycles. The third-order valence-electron chi connectivity index (χ3n) is 1.99. The predicted octanol–water partition coefficient (Wildman–Crippen LogP) is 2.35.